The van der Waals surface area contributed by atoms with Gasteiger partial charge >= 0.3 is 26.2 Å². The summed E-state index contributed by atoms with van der Waals surface area (Å²) in [6, 6.07) is 35.6. The first-order valence-corrected chi connectivity index (χ1v) is 15.9. The summed E-state index contributed by atoms with van der Waals surface area (Å²) in [4.78, 5) is 0. The van der Waals surface area contributed by atoms with Crippen molar-refractivity contribution in [3.63, 3.8) is 0 Å². The standard InChI is InChI=1S/C34H32Si.2ClH.Zr/c1-23-21-31-27(25-13-7-5-8-14-25)17-11-19-29(31)33(23)35(3,4)34-24(2)22-32-28(18-12-20-30(32)34)26-15-9-6-10-16-26;;;/h5-22,33-34H,1-4H3;2*1H;/q;;;+2/p-2. The second-order valence-electron chi connectivity index (χ2n) is 10.8. The van der Waals surface area contributed by atoms with Gasteiger partial charge in [0.1, 0.15) is 0 Å². The van der Waals surface area contributed by atoms with Crippen LogP contribution in [0, 0.1) is 0 Å². The van der Waals surface area contributed by atoms with Gasteiger partial charge in [-0.3, -0.25) is 0 Å². The molecule has 0 heterocycles. The third-order valence-corrected chi connectivity index (χ3v) is 12.7. The molecule has 6 rings (SSSR count). The molecule has 2 unspecified atom stereocenters. The van der Waals surface area contributed by atoms with Crippen LogP contribution in [0.25, 0.3) is 34.4 Å². The van der Waals surface area contributed by atoms with Gasteiger partial charge in [0.05, 0.1) is 8.07 Å². The van der Waals surface area contributed by atoms with Crippen LogP contribution in [0.3, 0.4) is 0 Å². The van der Waals surface area contributed by atoms with Crippen molar-refractivity contribution >= 4 is 20.2 Å². The molecule has 4 heteroatoms. The van der Waals surface area contributed by atoms with E-state index in [4.69, 9.17) is 0 Å². The normalized spacial score (nSPS) is 17.2. The van der Waals surface area contributed by atoms with Crippen LogP contribution in [0.5, 0.6) is 0 Å². The molecule has 0 spiro atoms. The Balaban J connectivity index is 0.00000133. The number of hydrogen-bond donors (Lipinski definition) is 0. The monoisotopic (exact) mass is 628 g/mol. The van der Waals surface area contributed by atoms with Crippen molar-refractivity contribution in [2.24, 2.45) is 0 Å². The van der Waals surface area contributed by atoms with Crippen LogP contribution >= 0.6 is 0 Å². The second kappa shape index (κ2) is 12.1. The maximum absolute atomic E-state index is 2.62. The van der Waals surface area contributed by atoms with E-state index in [0.717, 1.165) is 0 Å². The van der Waals surface area contributed by atoms with Gasteiger partial charge in [0.25, 0.3) is 0 Å². The quantitative estimate of drug-likeness (QED) is 0.303. The second-order valence-corrected chi connectivity index (χ2v) is 15.6. The molecule has 0 saturated carbocycles. The van der Waals surface area contributed by atoms with Gasteiger partial charge in [0, 0.05) is 11.1 Å². The summed E-state index contributed by atoms with van der Waals surface area (Å²) < 4.78 is 0. The van der Waals surface area contributed by atoms with Crippen LogP contribution in [0.2, 0.25) is 13.1 Å². The molecule has 0 bridgehead atoms. The summed E-state index contributed by atoms with van der Waals surface area (Å²) in [5.74, 6) is 0. The van der Waals surface area contributed by atoms with Crippen LogP contribution in [0.1, 0.15) is 47.2 Å². The van der Waals surface area contributed by atoms with Crippen LogP contribution in [0.15, 0.2) is 108 Å². The molecule has 2 atom stereocenters. The van der Waals surface area contributed by atoms with E-state index in [9.17, 15) is 0 Å². The smallest absolute Gasteiger partial charge is 1.00 e. The minimum Gasteiger partial charge on any atom is -1.00 e. The summed E-state index contributed by atoms with van der Waals surface area (Å²) in [5.41, 5.74) is 15.3. The van der Waals surface area contributed by atoms with E-state index >= 15 is 0 Å². The first kappa shape index (κ1) is 30.6. The molecule has 0 aliphatic heterocycles. The van der Waals surface area contributed by atoms with Crippen molar-refractivity contribution in [1.82, 2.24) is 0 Å². The van der Waals surface area contributed by atoms with Crippen molar-refractivity contribution in [2.75, 3.05) is 0 Å². The SMILES string of the molecule is CC1=Cc2c(-c3ccccc3)cccc2C1[Si](C)(C)C1C(C)=Cc2c(-c3ccccc3)cccc21.[Cl-].[Cl-].[Zr+2]. The number of fused-ring (bicyclic) bond motifs is 2. The Labute approximate surface area is 260 Å². The zero-order valence-corrected chi connectivity index (χ0v) is 27.3. The number of allylic oxidation sites excluding steroid dienone is 2. The maximum atomic E-state index is 2.62. The molecule has 4 aromatic carbocycles. The van der Waals surface area contributed by atoms with Gasteiger partial charge in [0.2, 0.25) is 0 Å². The fourth-order valence-corrected chi connectivity index (χ4v) is 11.9. The van der Waals surface area contributed by atoms with Gasteiger partial charge < -0.3 is 24.8 Å². The molecule has 0 amide bonds. The van der Waals surface area contributed by atoms with Gasteiger partial charge in [-0.25, -0.2) is 0 Å². The molecule has 0 nitrogen and oxygen atoms in total. The number of rotatable bonds is 4. The van der Waals surface area contributed by atoms with Gasteiger partial charge in [-0.1, -0.05) is 133 Å². The largest absolute Gasteiger partial charge is 2.00 e. The van der Waals surface area contributed by atoms with Crippen LogP contribution in [0.4, 0.5) is 0 Å². The summed E-state index contributed by atoms with van der Waals surface area (Å²) in [6.45, 7) is 9.96. The number of hydrogen-bond acceptors (Lipinski definition) is 0. The molecule has 2 aliphatic carbocycles. The van der Waals surface area contributed by atoms with E-state index in [1.165, 1.54) is 55.7 Å². The van der Waals surface area contributed by atoms with E-state index in [0.29, 0.717) is 11.1 Å². The van der Waals surface area contributed by atoms with Crippen molar-refractivity contribution in [1.29, 1.82) is 0 Å². The van der Waals surface area contributed by atoms with Gasteiger partial charge in [-0.05, 0) is 58.4 Å². The molecule has 0 fully saturated rings. The fraction of sp³-hybridized carbons (Fsp3) is 0.176. The molecule has 38 heavy (non-hydrogen) atoms. The molecular formula is C34H32Cl2SiZr. The Hall–Kier alpha value is -1.96. The Kier molecular flexibility index (Phi) is 9.70. The van der Waals surface area contributed by atoms with Crippen molar-refractivity contribution in [3.8, 4) is 22.3 Å². The predicted octanol–water partition coefficient (Wildman–Crippen LogP) is 3.51. The van der Waals surface area contributed by atoms with Gasteiger partial charge in [0.15, 0.2) is 0 Å². The molecule has 2 aliphatic rings. The zero-order valence-electron chi connectivity index (χ0n) is 22.3. The van der Waals surface area contributed by atoms with E-state index in [-0.39, 0.29) is 51.0 Å². The molecule has 0 saturated heterocycles. The topological polar surface area (TPSA) is 0 Å². The summed E-state index contributed by atoms with van der Waals surface area (Å²) in [6.07, 6.45) is 4.96. The Bertz CT molecular complexity index is 1380. The third kappa shape index (κ3) is 5.02. The Morgan fingerprint density at radius 2 is 0.868 bits per heavy atom. The first-order chi connectivity index (χ1) is 17.0. The maximum Gasteiger partial charge on any atom is 2.00 e. The third-order valence-electron chi connectivity index (χ3n) is 8.21. The van der Waals surface area contributed by atoms with Crippen molar-refractivity contribution < 1.29 is 51.0 Å². The molecule has 0 radical (unpaired) electrons. The fourth-order valence-electron chi connectivity index (χ4n) is 6.99. The van der Waals surface area contributed by atoms with E-state index in [1.807, 2.05) is 0 Å². The van der Waals surface area contributed by atoms with Crippen LogP contribution in [-0.2, 0) is 26.2 Å². The predicted molar refractivity (Wildman–Crippen MR) is 154 cm³/mol. The van der Waals surface area contributed by atoms with Crippen LogP contribution < -0.4 is 24.8 Å². The Morgan fingerprint density at radius 1 is 0.500 bits per heavy atom. The molecule has 4 aromatic rings. The zero-order chi connectivity index (χ0) is 24.2. The average Bonchev–Trinajstić information content (AvgIpc) is 3.41. The van der Waals surface area contributed by atoms with Crippen molar-refractivity contribution in [3.05, 3.63) is 130 Å². The van der Waals surface area contributed by atoms with Crippen molar-refractivity contribution in [2.45, 2.75) is 38.0 Å². The van der Waals surface area contributed by atoms with Crippen LogP contribution in [-0.4, -0.2) is 8.07 Å². The van der Waals surface area contributed by atoms with E-state index in [2.05, 4.69) is 136 Å². The summed E-state index contributed by atoms with van der Waals surface area (Å²) >= 11 is 0. The first-order valence-electron chi connectivity index (χ1n) is 12.7. The van der Waals surface area contributed by atoms with Gasteiger partial charge in [-0.2, -0.15) is 0 Å². The molecular weight excluding hydrogens is 599 g/mol. The van der Waals surface area contributed by atoms with E-state index < -0.39 is 8.07 Å². The number of halogens is 2. The summed E-state index contributed by atoms with van der Waals surface area (Å²) in [5, 5.41) is 0. The minimum absolute atomic E-state index is 0. The summed E-state index contributed by atoms with van der Waals surface area (Å²) in [7, 11) is -1.85. The molecule has 190 valence electrons. The molecule has 0 N–H and O–H groups in total. The minimum atomic E-state index is -1.85. The van der Waals surface area contributed by atoms with Gasteiger partial charge in [-0.15, -0.1) is 0 Å². The number of benzene rings is 4. The Morgan fingerprint density at radius 3 is 1.24 bits per heavy atom. The molecule has 0 aromatic heterocycles. The average molecular weight is 631 g/mol. The van der Waals surface area contributed by atoms with E-state index in [1.54, 1.807) is 0 Å².